The lowest BCUT2D eigenvalue weighted by Gasteiger charge is -2.34. The van der Waals surface area contributed by atoms with Crippen LogP contribution in [0.1, 0.15) is 28.1 Å². The molecule has 2 N–H and O–H groups in total. The lowest BCUT2D eigenvalue weighted by Crippen LogP contribution is -2.42. The Balaban J connectivity index is 1.31. The number of pyridine rings is 1. The van der Waals surface area contributed by atoms with Gasteiger partial charge in [-0.3, -0.25) is 9.78 Å². The molecule has 28 heavy (non-hydrogen) atoms. The average Bonchev–Trinajstić information content (AvgIpc) is 3.27. The van der Waals surface area contributed by atoms with Gasteiger partial charge >= 0.3 is 0 Å². The fourth-order valence-electron chi connectivity index (χ4n) is 3.48. The maximum atomic E-state index is 12.3. The van der Waals surface area contributed by atoms with Crippen molar-refractivity contribution in [2.24, 2.45) is 0 Å². The van der Waals surface area contributed by atoms with E-state index in [1.165, 1.54) is 4.88 Å². The van der Waals surface area contributed by atoms with Crippen LogP contribution in [0.15, 0.2) is 66.3 Å². The lowest BCUT2D eigenvalue weighted by atomic mass is 10.0. The molecule has 0 aliphatic carbocycles. The summed E-state index contributed by atoms with van der Waals surface area (Å²) >= 11 is 1.80. The number of rotatable bonds is 6. The molecule has 4 rings (SSSR count). The highest BCUT2D eigenvalue weighted by molar-refractivity contribution is 7.09. The van der Waals surface area contributed by atoms with Gasteiger partial charge in [0.15, 0.2) is 0 Å². The Morgan fingerprint density at radius 1 is 1.14 bits per heavy atom. The van der Waals surface area contributed by atoms with Gasteiger partial charge in [-0.2, -0.15) is 0 Å². The van der Waals surface area contributed by atoms with Crippen LogP contribution >= 0.6 is 11.3 Å². The van der Waals surface area contributed by atoms with Gasteiger partial charge in [-0.25, -0.2) is 0 Å². The highest BCUT2D eigenvalue weighted by Gasteiger charge is 2.19. The molecule has 2 aromatic heterocycles. The fraction of sp³-hybridized carbons (Fsp3) is 0.273. The SMILES string of the molecule is O=C(Nc1cccc(N2CCC(NCc3cccs3)CC2)c1)c1cccnc1. The summed E-state index contributed by atoms with van der Waals surface area (Å²) in [6, 6.07) is 16.5. The molecular formula is C22H24N4OS. The molecule has 1 fully saturated rings. The van der Waals surface area contributed by atoms with E-state index in [0.29, 0.717) is 11.6 Å². The summed E-state index contributed by atoms with van der Waals surface area (Å²) in [5.41, 5.74) is 2.52. The van der Waals surface area contributed by atoms with E-state index in [9.17, 15) is 4.79 Å². The third-order valence-corrected chi connectivity index (χ3v) is 5.91. The van der Waals surface area contributed by atoms with E-state index in [1.54, 1.807) is 35.9 Å². The number of piperidine rings is 1. The van der Waals surface area contributed by atoms with Crippen LogP contribution in [0.25, 0.3) is 0 Å². The second kappa shape index (κ2) is 8.99. The first-order valence-corrected chi connectivity index (χ1v) is 10.5. The maximum Gasteiger partial charge on any atom is 0.257 e. The van der Waals surface area contributed by atoms with Gasteiger partial charge in [-0.05, 0) is 54.6 Å². The van der Waals surface area contributed by atoms with Gasteiger partial charge in [0.2, 0.25) is 0 Å². The van der Waals surface area contributed by atoms with E-state index >= 15 is 0 Å². The van der Waals surface area contributed by atoms with Gasteiger partial charge in [0.1, 0.15) is 0 Å². The first-order chi connectivity index (χ1) is 13.8. The summed E-state index contributed by atoms with van der Waals surface area (Å²) in [6.07, 6.45) is 5.48. The predicted octanol–water partition coefficient (Wildman–Crippen LogP) is 4.15. The lowest BCUT2D eigenvalue weighted by molar-refractivity contribution is 0.102. The summed E-state index contributed by atoms with van der Waals surface area (Å²) < 4.78 is 0. The number of nitrogens with zero attached hydrogens (tertiary/aromatic N) is 2. The third-order valence-electron chi connectivity index (χ3n) is 5.03. The Morgan fingerprint density at radius 3 is 2.79 bits per heavy atom. The number of aromatic nitrogens is 1. The van der Waals surface area contributed by atoms with E-state index in [-0.39, 0.29) is 5.91 Å². The van der Waals surface area contributed by atoms with E-state index in [0.717, 1.165) is 43.9 Å². The van der Waals surface area contributed by atoms with Crippen molar-refractivity contribution in [1.82, 2.24) is 10.3 Å². The molecule has 0 spiro atoms. The number of amides is 1. The first kappa shape index (κ1) is 18.7. The molecule has 1 aliphatic rings. The van der Waals surface area contributed by atoms with Crippen LogP contribution < -0.4 is 15.5 Å². The minimum absolute atomic E-state index is 0.137. The molecule has 0 saturated carbocycles. The van der Waals surface area contributed by atoms with E-state index in [1.807, 2.05) is 18.2 Å². The molecule has 3 heterocycles. The molecule has 5 nitrogen and oxygen atoms in total. The van der Waals surface area contributed by atoms with Crippen molar-refractivity contribution in [1.29, 1.82) is 0 Å². The zero-order valence-electron chi connectivity index (χ0n) is 15.7. The Bertz CT molecular complexity index is 890. The summed E-state index contributed by atoms with van der Waals surface area (Å²) in [6.45, 7) is 2.99. The Morgan fingerprint density at radius 2 is 2.04 bits per heavy atom. The molecule has 144 valence electrons. The molecule has 3 aromatic rings. The highest BCUT2D eigenvalue weighted by Crippen LogP contribution is 2.24. The summed E-state index contributed by atoms with van der Waals surface area (Å²) in [5, 5.41) is 8.76. The molecule has 0 unspecified atom stereocenters. The van der Waals surface area contributed by atoms with E-state index < -0.39 is 0 Å². The number of carbonyl (C=O) groups excluding carboxylic acids is 1. The van der Waals surface area contributed by atoms with Gasteiger partial charge in [0, 0.05) is 54.3 Å². The minimum atomic E-state index is -0.137. The van der Waals surface area contributed by atoms with Crippen LogP contribution in [0.4, 0.5) is 11.4 Å². The minimum Gasteiger partial charge on any atom is -0.371 e. The number of hydrogen-bond donors (Lipinski definition) is 2. The topological polar surface area (TPSA) is 57.3 Å². The van der Waals surface area contributed by atoms with E-state index in [2.05, 4.69) is 44.1 Å². The van der Waals surface area contributed by atoms with Crippen molar-refractivity contribution >= 4 is 28.6 Å². The summed E-state index contributed by atoms with van der Waals surface area (Å²) in [7, 11) is 0. The van der Waals surface area contributed by atoms with Gasteiger partial charge in [0.25, 0.3) is 5.91 Å². The fourth-order valence-corrected chi connectivity index (χ4v) is 4.14. The summed E-state index contributed by atoms with van der Waals surface area (Å²) in [5.74, 6) is -0.137. The molecular weight excluding hydrogens is 368 g/mol. The largest absolute Gasteiger partial charge is 0.371 e. The van der Waals surface area contributed by atoms with Gasteiger partial charge in [0.05, 0.1) is 5.56 Å². The number of anilines is 2. The summed E-state index contributed by atoms with van der Waals surface area (Å²) in [4.78, 5) is 20.1. The second-order valence-electron chi connectivity index (χ2n) is 6.97. The molecule has 1 amide bonds. The van der Waals surface area contributed by atoms with Gasteiger partial charge in [-0.1, -0.05) is 12.1 Å². The van der Waals surface area contributed by atoms with Crippen molar-refractivity contribution in [3.63, 3.8) is 0 Å². The highest BCUT2D eigenvalue weighted by atomic mass is 32.1. The number of hydrogen-bond acceptors (Lipinski definition) is 5. The number of nitrogens with one attached hydrogen (secondary N) is 2. The Labute approximate surface area is 169 Å². The van der Waals surface area contributed by atoms with Crippen LogP contribution in [-0.4, -0.2) is 30.0 Å². The molecule has 0 atom stereocenters. The number of thiophene rings is 1. The zero-order valence-corrected chi connectivity index (χ0v) is 16.5. The van der Waals surface area contributed by atoms with Crippen molar-refractivity contribution in [2.45, 2.75) is 25.4 Å². The monoisotopic (exact) mass is 392 g/mol. The smallest absolute Gasteiger partial charge is 0.257 e. The molecule has 1 saturated heterocycles. The maximum absolute atomic E-state index is 12.3. The van der Waals surface area contributed by atoms with Crippen LogP contribution in [0.3, 0.4) is 0 Å². The van der Waals surface area contributed by atoms with E-state index in [4.69, 9.17) is 0 Å². The predicted molar refractivity (Wildman–Crippen MR) is 115 cm³/mol. The molecule has 6 heteroatoms. The quantitative estimate of drug-likeness (QED) is 0.662. The van der Waals surface area contributed by atoms with Crippen molar-refractivity contribution in [2.75, 3.05) is 23.3 Å². The van der Waals surface area contributed by atoms with Crippen molar-refractivity contribution in [3.05, 3.63) is 76.7 Å². The standard InChI is InChI=1S/C22H24N4OS/c27-22(17-4-2-10-23-15-17)25-19-5-1-6-20(14-19)26-11-8-18(9-12-26)24-16-21-7-3-13-28-21/h1-7,10,13-15,18,24H,8-9,11-12,16H2,(H,25,27). The van der Waals surface area contributed by atoms with Gasteiger partial charge < -0.3 is 15.5 Å². The van der Waals surface area contributed by atoms with Crippen LogP contribution in [0.2, 0.25) is 0 Å². The van der Waals surface area contributed by atoms with Crippen LogP contribution in [-0.2, 0) is 6.54 Å². The molecule has 0 radical (unpaired) electrons. The third kappa shape index (κ3) is 4.77. The Kier molecular flexibility index (Phi) is 5.99. The zero-order chi connectivity index (χ0) is 19.2. The number of benzene rings is 1. The first-order valence-electron chi connectivity index (χ1n) is 9.60. The normalized spacial score (nSPS) is 14.8. The van der Waals surface area contributed by atoms with Crippen LogP contribution in [0.5, 0.6) is 0 Å². The van der Waals surface area contributed by atoms with Gasteiger partial charge in [-0.15, -0.1) is 11.3 Å². The van der Waals surface area contributed by atoms with Crippen molar-refractivity contribution < 1.29 is 4.79 Å². The number of carbonyl (C=O) groups is 1. The average molecular weight is 393 g/mol. The Hall–Kier alpha value is -2.70. The second-order valence-corrected chi connectivity index (χ2v) is 8.00. The van der Waals surface area contributed by atoms with Crippen LogP contribution in [0, 0.1) is 0 Å². The molecule has 1 aliphatic heterocycles. The molecule has 1 aromatic carbocycles. The molecule has 0 bridgehead atoms. The van der Waals surface area contributed by atoms with Crippen molar-refractivity contribution in [3.8, 4) is 0 Å².